The highest BCUT2D eigenvalue weighted by Gasteiger charge is 2.37. The van der Waals surface area contributed by atoms with Gasteiger partial charge in [0.05, 0.1) is 21.2 Å². The second-order valence-corrected chi connectivity index (χ2v) is 9.06. The van der Waals surface area contributed by atoms with Crippen LogP contribution in [0.4, 0.5) is 29.3 Å². The van der Waals surface area contributed by atoms with Crippen molar-refractivity contribution < 1.29 is 37.2 Å². The van der Waals surface area contributed by atoms with Crippen molar-refractivity contribution in [3.63, 3.8) is 0 Å². The van der Waals surface area contributed by atoms with Crippen LogP contribution in [0.25, 0.3) is 6.08 Å². The molecule has 200 valence electrons. The summed E-state index contributed by atoms with van der Waals surface area (Å²) in [5.74, 6) is -3.12. The van der Waals surface area contributed by atoms with Crippen molar-refractivity contribution in [2.24, 2.45) is 0 Å². The van der Waals surface area contributed by atoms with Crippen LogP contribution >= 0.6 is 34.8 Å². The molecule has 0 saturated carbocycles. The average Bonchev–Trinajstić information content (AvgIpc) is 2.84. The quantitative estimate of drug-likeness (QED) is 0.145. The number of nitrogens with one attached hydrogen (secondary N) is 1. The molecule has 0 aromatic heterocycles. The fourth-order valence-electron chi connectivity index (χ4n) is 3.47. The summed E-state index contributed by atoms with van der Waals surface area (Å²) in [7, 11) is 0. The Morgan fingerprint density at radius 3 is 2.23 bits per heavy atom. The summed E-state index contributed by atoms with van der Waals surface area (Å²) in [4.78, 5) is 49.3. The van der Waals surface area contributed by atoms with Crippen molar-refractivity contribution in [3.8, 4) is 11.5 Å². The van der Waals surface area contributed by atoms with E-state index in [-0.39, 0.29) is 33.1 Å². The van der Waals surface area contributed by atoms with Gasteiger partial charge >= 0.3 is 17.9 Å². The number of urea groups is 1. The van der Waals surface area contributed by atoms with E-state index in [4.69, 9.17) is 39.5 Å². The Morgan fingerprint density at radius 2 is 1.62 bits per heavy atom. The Kier molecular flexibility index (Phi) is 7.55. The van der Waals surface area contributed by atoms with Gasteiger partial charge in [0.25, 0.3) is 11.8 Å². The monoisotopic (exact) mass is 599 g/mol. The highest BCUT2D eigenvalue weighted by Crippen LogP contribution is 2.42. The van der Waals surface area contributed by atoms with Gasteiger partial charge in [-0.1, -0.05) is 34.8 Å². The number of amides is 4. The molecule has 1 N–H and O–H groups in total. The zero-order valence-corrected chi connectivity index (χ0v) is 21.2. The standard InChI is InChI=1S/C24H11Cl3F3N3O6/c25-13-2-4-15(5-3-13)32-22(35)16(21(34)31-23(32)36)8-11-7-14(26)10-17(27)20(11)39-19-6-1-12(24(28,29)30)9-18(19)33(37)38/h1-10H,(H,31,34,36)/b16-8+. The van der Waals surface area contributed by atoms with Crippen LogP contribution in [0.2, 0.25) is 15.1 Å². The minimum Gasteiger partial charge on any atom is -0.448 e. The number of rotatable bonds is 5. The van der Waals surface area contributed by atoms with Crippen molar-refractivity contribution in [3.05, 3.63) is 96.5 Å². The highest BCUT2D eigenvalue weighted by molar-refractivity contribution is 6.40. The number of nitro groups is 1. The molecule has 0 spiro atoms. The van der Waals surface area contributed by atoms with E-state index in [1.807, 2.05) is 5.32 Å². The molecule has 0 radical (unpaired) electrons. The van der Waals surface area contributed by atoms with Crippen molar-refractivity contribution in [2.45, 2.75) is 6.18 Å². The van der Waals surface area contributed by atoms with Gasteiger partial charge in [-0.25, -0.2) is 9.69 Å². The Morgan fingerprint density at radius 1 is 0.949 bits per heavy atom. The minimum absolute atomic E-state index is 0.00424. The SMILES string of the molecule is O=C1NC(=O)N(c2ccc(Cl)cc2)C(=O)/C1=C/c1cc(Cl)cc(Cl)c1Oc1ccc(C(F)(F)F)cc1[N+](=O)[O-]. The normalized spacial score (nSPS) is 15.0. The lowest BCUT2D eigenvalue weighted by atomic mass is 10.1. The number of imide groups is 2. The van der Waals surface area contributed by atoms with Crippen molar-refractivity contribution in [1.82, 2.24) is 5.32 Å². The van der Waals surface area contributed by atoms with Gasteiger partial charge in [-0.2, -0.15) is 13.2 Å². The third-order valence-electron chi connectivity index (χ3n) is 5.22. The molecule has 1 heterocycles. The first-order valence-corrected chi connectivity index (χ1v) is 11.6. The summed E-state index contributed by atoms with van der Waals surface area (Å²) in [6.45, 7) is 0. The molecular weight excluding hydrogens is 590 g/mol. The smallest absolute Gasteiger partial charge is 0.416 e. The summed E-state index contributed by atoms with van der Waals surface area (Å²) in [5.41, 5.74) is -2.95. The molecule has 1 aliphatic rings. The minimum atomic E-state index is -4.86. The topological polar surface area (TPSA) is 119 Å². The van der Waals surface area contributed by atoms with Gasteiger partial charge in [0.1, 0.15) is 5.57 Å². The Hall–Kier alpha value is -4.13. The molecule has 1 fully saturated rings. The predicted octanol–water partition coefficient (Wildman–Crippen LogP) is 7.03. The van der Waals surface area contributed by atoms with E-state index in [0.717, 1.165) is 12.1 Å². The second-order valence-electron chi connectivity index (χ2n) is 7.78. The van der Waals surface area contributed by atoms with Gasteiger partial charge in [-0.3, -0.25) is 25.0 Å². The number of alkyl halides is 3. The first-order valence-electron chi connectivity index (χ1n) is 10.5. The number of carbonyl (C=O) groups excluding carboxylic acids is 3. The molecular formula is C24H11Cl3F3N3O6. The van der Waals surface area contributed by atoms with Gasteiger partial charge in [-0.05, 0) is 54.6 Å². The van der Waals surface area contributed by atoms with Crippen LogP contribution in [0, 0.1) is 10.1 Å². The van der Waals surface area contributed by atoms with Crippen molar-refractivity contribution in [2.75, 3.05) is 4.90 Å². The highest BCUT2D eigenvalue weighted by atomic mass is 35.5. The Balaban J connectivity index is 1.81. The number of anilines is 1. The lowest BCUT2D eigenvalue weighted by molar-refractivity contribution is -0.385. The molecule has 4 amide bonds. The molecule has 1 aliphatic heterocycles. The fraction of sp³-hybridized carbons (Fsp3) is 0.0417. The molecule has 3 aromatic rings. The maximum Gasteiger partial charge on any atom is 0.416 e. The van der Waals surface area contributed by atoms with Gasteiger partial charge in [-0.15, -0.1) is 0 Å². The molecule has 9 nitrogen and oxygen atoms in total. The van der Waals surface area contributed by atoms with E-state index in [9.17, 15) is 37.7 Å². The number of ether oxygens (including phenoxy) is 1. The number of carbonyl (C=O) groups is 3. The van der Waals surface area contributed by atoms with Crippen LogP contribution in [0.15, 0.2) is 60.2 Å². The number of nitro benzene ring substituents is 1. The lowest BCUT2D eigenvalue weighted by Gasteiger charge is -2.26. The van der Waals surface area contributed by atoms with Crippen LogP contribution < -0.4 is 15.0 Å². The molecule has 3 aromatic carbocycles. The van der Waals surface area contributed by atoms with E-state index >= 15 is 0 Å². The summed E-state index contributed by atoms with van der Waals surface area (Å²) in [6, 6.07) is 8.45. The van der Waals surface area contributed by atoms with Gasteiger partial charge in [0.2, 0.25) is 5.75 Å². The number of halogens is 6. The molecule has 39 heavy (non-hydrogen) atoms. The molecule has 4 rings (SSSR count). The molecule has 0 bridgehead atoms. The first kappa shape index (κ1) is 27.9. The summed E-state index contributed by atoms with van der Waals surface area (Å²) in [6.07, 6.45) is -3.89. The Labute approximate surface area is 231 Å². The van der Waals surface area contributed by atoms with Gasteiger partial charge in [0, 0.05) is 21.7 Å². The average molecular weight is 601 g/mol. The third-order valence-corrected chi connectivity index (χ3v) is 5.97. The zero-order valence-electron chi connectivity index (χ0n) is 18.9. The van der Waals surface area contributed by atoms with Crippen LogP contribution in [0.5, 0.6) is 11.5 Å². The van der Waals surface area contributed by atoms with E-state index in [1.165, 1.54) is 36.4 Å². The number of benzene rings is 3. The Bertz CT molecular complexity index is 1580. The van der Waals surface area contributed by atoms with Crippen LogP contribution in [0.3, 0.4) is 0 Å². The molecule has 1 saturated heterocycles. The van der Waals surface area contributed by atoms with Gasteiger partial charge < -0.3 is 4.74 Å². The maximum absolute atomic E-state index is 13.2. The third kappa shape index (κ3) is 5.82. The second kappa shape index (κ2) is 10.6. The van der Waals surface area contributed by atoms with Crippen molar-refractivity contribution in [1.29, 1.82) is 0 Å². The largest absolute Gasteiger partial charge is 0.448 e. The van der Waals surface area contributed by atoms with Crippen LogP contribution in [-0.2, 0) is 15.8 Å². The predicted molar refractivity (Wildman–Crippen MR) is 135 cm³/mol. The number of hydrogen-bond acceptors (Lipinski definition) is 6. The van der Waals surface area contributed by atoms with Gasteiger partial charge in [0.15, 0.2) is 5.75 Å². The van der Waals surface area contributed by atoms with E-state index in [0.29, 0.717) is 16.0 Å². The molecule has 0 aliphatic carbocycles. The molecule has 0 atom stereocenters. The zero-order chi connectivity index (χ0) is 28.6. The summed E-state index contributed by atoms with van der Waals surface area (Å²) >= 11 is 18.1. The number of nitrogens with zero attached hydrogens (tertiary/aromatic N) is 2. The summed E-state index contributed by atoms with van der Waals surface area (Å²) < 4.78 is 44.8. The van der Waals surface area contributed by atoms with Crippen LogP contribution in [0.1, 0.15) is 11.1 Å². The van der Waals surface area contributed by atoms with E-state index in [2.05, 4.69) is 0 Å². The van der Waals surface area contributed by atoms with E-state index in [1.54, 1.807) is 0 Å². The number of hydrogen-bond donors (Lipinski definition) is 1. The fourth-order valence-corrected chi connectivity index (χ4v) is 4.14. The maximum atomic E-state index is 13.2. The van der Waals surface area contributed by atoms with E-state index < -0.39 is 51.5 Å². The van der Waals surface area contributed by atoms with Crippen molar-refractivity contribution >= 4 is 70.1 Å². The lowest BCUT2D eigenvalue weighted by Crippen LogP contribution is -2.54. The first-order chi connectivity index (χ1) is 18.3. The number of barbiturate groups is 1. The summed E-state index contributed by atoms with van der Waals surface area (Å²) in [5, 5.41) is 13.6. The molecule has 0 unspecified atom stereocenters. The molecule has 15 heteroatoms. The van der Waals surface area contributed by atoms with Crippen LogP contribution in [-0.4, -0.2) is 22.8 Å².